The van der Waals surface area contributed by atoms with E-state index in [9.17, 15) is 13.2 Å². The minimum atomic E-state index is -3.51. The molecule has 10 heteroatoms. The molecule has 4 aromatic rings. The van der Waals surface area contributed by atoms with Gasteiger partial charge in [0.05, 0.1) is 46.8 Å². The van der Waals surface area contributed by atoms with Gasteiger partial charge in [-0.25, -0.2) is 18.4 Å². The van der Waals surface area contributed by atoms with Crippen LogP contribution in [0.5, 0.6) is 0 Å². The predicted octanol–water partition coefficient (Wildman–Crippen LogP) is 3.49. The fourth-order valence-corrected chi connectivity index (χ4v) is 5.10. The maximum Gasteiger partial charge on any atom is 0.251 e. The Bertz CT molecular complexity index is 1590. The second-order valence-electron chi connectivity index (χ2n) is 9.19. The zero-order chi connectivity index (χ0) is 26.0. The first-order valence-corrected chi connectivity index (χ1v) is 13.9. The first kappa shape index (κ1) is 24.9. The third kappa shape index (κ3) is 5.81. The lowest BCUT2D eigenvalue weighted by Gasteiger charge is -2.11. The Morgan fingerprint density at radius 1 is 1.05 bits per heavy atom. The third-order valence-electron chi connectivity index (χ3n) is 6.28. The van der Waals surface area contributed by atoms with Crippen LogP contribution in [-0.4, -0.2) is 54.2 Å². The highest BCUT2D eigenvalue weighted by Gasteiger charge is 2.25. The molecule has 5 rings (SSSR count). The van der Waals surface area contributed by atoms with Gasteiger partial charge in [-0.2, -0.15) is 0 Å². The molecule has 1 aliphatic rings. The summed E-state index contributed by atoms with van der Waals surface area (Å²) in [4.78, 5) is 31.2. The molecule has 1 N–H and O–H groups in total. The number of amides is 1. The Kier molecular flexibility index (Phi) is 6.94. The van der Waals surface area contributed by atoms with Gasteiger partial charge in [-0.1, -0.05) is 6.07 Å². The van der Waals surface area contributed by atoms with Crippen molar-refractivity contribution in [2.75, 3.05) is 20.0 Å². The van der Waals surface area contributed by atoms with Crippen LogP contribution in [0.3, 0.4) is 0 Å². The van der Waals surface area contributed by atoms with Gasteiger partial charge < -0.3 is 10.1 Å². The summed E-state index contributed by atoms with van der Waals surface area (Å²) < 4.78 is 29.6. The molecule has 3 aromatic heterocycles. The standard InChI is InChI=1S/C27H27N5O4S/c1-36-10-9-18-5-6-19(11-26(18)37(2,34)35)27(33)30-14-21-12-23-20(13-29-21)7-8-22(31-23)25-16-28-15-24(32-25)17-3-4-17/h5-8,11-13,15-17H,3-4,9-10,14H2,1-2H3,(H,30,33). The zero-order valence-electron chi connectivity index (χ0n) is 20.6. The van der Waals surface area contributed by atoms with Gasteiger partial charge in [0.25, 0.3) is 5.91 Å². The van der Waals surface area contributed by atoms with Crippen molar-refractivity contribution in [2.45, 2.75) is 36.6 Å². The summed E-state index contributed by atoms with van der Waals surface area (Å²) in [5, 5.41) is 3.69. The minimum absolute atomic E-state index is 0.131. The Morgan fingerprint density at radius 3 is 2.65 bits per heavy atom. The monoisotopic (exact) mass is 517 g/mol. The van der Waals surface area contributed by atoms with Gasteiger partial charge in [0.1, 0.15) is 5.69 Å². The molecule has 0 bridgehead atoms. The summed E-state index contributed by atoms with van der Waals surface area (Å²) in [5.74, 6) is 0.112. The molecule has 3 heterocycles. The number of hydrogen-bond donors (Lipinski definition) is 1. The molecule has 0 saturated heterocycles. The van der Waals surface area contributed by atoms with Gasteiger partial charge in [-0.15, -0.1) is 0 Å². The molecular weight excluding hydrogens is 490 g/mol. The summed E-state index contributed by atoms with van der Waals surface area (Å²) in [6, 6.07) is 10.4. The number of nitrogens with one attached hydrogen (secondary N) is 1. The minimum Gasteiger partial charge on any atom is -0.384 e. The normalized spacial score (nSPS) is 13.6. The molecule has 190 valence electrons. The van der Waals surface area contributed by atoms with Crippen LogP contribution in [0, 0.1) is 0 Å². The first-order valence-electron chi connectivity index (χ1n) is 12.0. The largest absolute Gasteiger partial charge is 0.384 e. The molecule has 1 fully saturated rings. The van der Waals surface area contributed by atoms with Gasteiger partial charge in [0.2, 0.25) is 0 Å². The molecule has 1 aliphatic carbocycles. The van der Waals surface area contributed by atoms with E-state index in [2.05, 4.69) is 15.3 Å². The number of carbonyl (C=O) groups is 1. The van der Waals surface area contributed by atoms with Crippen molar-refractivity contribution in [3.05, 3.63) is 77.5 Å². The summed E-state index contributed by atoms with van der Waals surface area (Å²) in [6.07, 6.45) is 9.12. The number of hydrogen-bond acceptors (Lipinski definition) is 8. The van der Waals surface area contributed by atoms with Gasteiger partial charge in [0, 0.05) is 42.6 Å². The van der Waals surface area contributed by atoms with Gasteiger partial charge in [-0.05, 0) is 55.2 Å². The number of rotatable bonds is 9. The van der Waals surface area contributed by atoms with Crippen molar-refractivity contribution in [1.29, 1.82) is 0 Å². The number of ether oxygens (including phenoxy) is 1. The Labute approximate surface area is 215 Å². The van der Waals surface area contributed by atoms with E-state index >= 15 is 0 Å². The highest BCUT2D eigenvalue weighted by molar-refractivity contribution is 7.90. The van der Waals surface area contributed by atoms with Crippen molar-refractivity contribution in [1.82, 2.24) is 25.3 Å². The third-order valence-corrected chi connectivity index (χ3v) is 7.45. The summed E-state index contributed by atoms with van der Waals surface area (Å²) in [6.45, 7) is 0.549. The summed E-state index contributed by atoms with van der Waals surface area (Å²) >= 11 is 0. The van der Waals surface area contributed by atoms with Crippen molar-refractivity contribution >= 4 is 26.6 Å². The molecule has 37 heavy (non-hydrogen) atoms. The lowest BCUT2D eigenvalue weighted by molar-refractivity contribution is 0.0950. The predicted molar refractivity (Wildman–Crippen MR) is 139 cm³/mol. The van der Waals surface area contributed by atoms with Gasteiger partial charge in [0.15, 0.2) is 9.84 Å². The SMILES string of the molecule is COCCc1ccc(C(=O)NCc2cc3nc(-c4cncc(C5CC5)n4)ccc3cn2)cc1S(C)(=O)=O. The van der Waals surface area contributed by atoms with Crippen LogP contribution in [0.2, 0.25) is 0 Å². The van der Waals surface area contributed by atoms with E-state index in [0.29, 0.717) is 30.2 Å². The van der Waals surface area contributed by atoms with Crippen LogP contribution in [-0.2, 0) is 27.5 Å². The van der Waals surface area contributed by atoms with E-state index in [1.807, 2.05) is 24.4 Å². The average Bonchev–Trinajstić information content (AvgIpc) is 3.75. The number of carbonyl (C=O) groups excluding carboxylic acids is 1. The van der Waals surface area contributed by atoms with Crippen molar-refractivity contribution in [2.24, 2.45) is 0 Å². The van der Waals surface area contributed by atoms with E-state index in [-0.39, 0.29) is 22.9 Å². The van der Waals surface area contributed by atoms with E-state index in [4.69, 9.17) is 14.7 Å². The zero-order valence-corrected chi connectivity index (χ0v) is 21.5. The molecule has 0 radical (unpaired) electrons. The topological polar surface area (TPSA) is 124 Å². The van der Waals surface area contributed by atoms with E-state index in [1.54, 1.807) is 31.6 Å². The molecular formula is C27H27N5O4S. The summed E-state index contributed by atoms with van der Waals surface area (Å²) in [7, 11) is -1.95. The van der Waals surface area contributed by atoms with Crippen LogP contribution in [0.15, 0.2) is 59.9 Å². The number of nitrogens with zero attached hydrogens (tertiary/aromatic N) is 4. The average molecular weight is 518 g/mol. The quantitative estimate of drug-likeness (QED) is 0.358. The molecule has 1 aromatic carbocycles. The first-order chi connectivity index (χ1) is 17.8. The highest BCUT2D eigenvalue weighted by atomic mass is 32.2. The lowest BCUT2D eigenvalue weighted by atomic mass is 10.1. The van der Waals surface area contributed by atoms with E-state index in [0.717, 1.165) is 47.1 Å². The molecule has 0 atom stereocenters. The van der Waals surface area contributed by atoms with Crippen molar-refractivity contribution in [3.8, 4) is 11.4 Å². The molecule has 9 nitrogen and oxygen atoms in total. The molecule has 0 aliphatic heterocycles. The van der Waals surface area contributed by atoms with Crippen LogP contribution in [0.4, 0.5) is 0 Å². The molecule has 1 amide bonds. The van der Waals surface area contributed by atoms with E-state index < -0.39 is 9.84 Å². The molecule has 0 unspecified atom stereocenters. The fourth-order valence-electron chi connectivity index (χ4n) is 4.11. The van der Waals surface area contributed by atoms with Gasteiger partial charge in [-0.3, -0.25) is 14.8 Å². The number of methoxy groups -OCH3 is 1. The van der Waals surface area contributed by atoms with Crippen LogP contribution in [0.25, 0.3) is 22.3 Å². The van der Waals surface area contributed by atoms with Crippen LogP contribution < -0.4 is 5.32 Å². The fraction of sp³-hybridized carbons (Fsp3) is 0.296. The number of aromatic nitrogens is 4. The van der Waals surface area contributed by atoms with Crippen LogP contribution >= 0.6 is 0 Å². The number of sulfone groups is 1. The molecule has 1 saturated carbocycles. The maximum absolute atomic E-state index is 12.8. The lowest BCUT2D eigenvalue weighted by Crippen LogP contribution is -2.23. The second-order valence-corrected chi connectivity index (χ2v) is 11.2. The second kappa shape index (κ2) is 10.3. The Hall–Kier alpha value is -3.76. The van der Waals surface area contributed by atoms with Crippen molar-refractivity contribution in [3.63, 3.8) is 0 Å². The highest BCUT2D eigenvalue weighted by Crippen LogP contribution is 2.39. The Morgan fingerprint density at radius 2 is 1.89 bits per heavy atom. The smallest absolute Gasteiger partial charge is 0.251 e. The van der Waals surface area contributed by atoms with Gasteiger partial charge >= 0.3 is 0 Å². The van der Waals surface area contributed by atoms with Crippen molar-refractivity contribution < 1.29 is 17.9 Å². The number of pyridine rings is 2. The molecule has 0 spiro atoms. The number of fused-ring (bicyclic) bond motifs is 1. The maximum atomic E-state index is 12.8. The number of benzene rings is 1. The Balaban J connectivity index is 1.33. The van der Waals surface area contributed by atoms with E-state index in [1.165, 1.54) is 6.07 Å². The van der Waals surface area contributed by atoms with Crippen LogP contribution in [0.1, 0.15) is 46.1 Å². The summed E-state index contributed by atoms with van der Waals surface area (Å²) in [5.41, 5.74) is 4.70.